The second-order valence-electron chi connectivity index (χ2n) is 22.1. The molecule has 6 nitrogen and oxygen atoms in total. The molecule has 17 rings (SSSR count). The molecule has 11 aromatic carbocycles. The predicted octanol–water partition coefficient (Wildman–Crippen LogP) is 14.0. The molecule has 8 heteroatoms. The van der Waals surface area contributed by atoms with Crippen LogP contribution in [0.15, 0.2) is 249 Å². The van der Waals surface area contributed by atoms with E-state index in [9.17, 15) is 0 Å². The lowest BCUT2D eigenvalue weighted by atomic mass is 9.30. The van der Waals surface area contributed by atoms with Crippen LogP contribution in [0.1, 0.15) is 24.0 Å². The van der Waals surface area contributed by atoms with Gasteiger partial charge >= 0.3 is 0 Å². The van der Waals surface area contributed by atoms with E-state index in [-0.39, 0.29) is 13.4 Å². The minimum Gasteiger partial charge on any atom is -0.458 e. The largest absolute Gasteiger partial charge is 0.458 e. The second-order valence-corrected chi connectivity index (χ2v) is 22.1. The fourth-order valence-electron chi connectivity index (χ4n) is 14.7. The molecule has 0 aliphatic carbocycles. The number of hydrogen-bond donors (Lipinski definition) is 0. The first-order valence-electron chi connectivity index (χ1n) is 28.5. The molecule has 80 heavy (non-hydrogen) atoms. The van der Waals surface area contributed by atoms with Crippen LogP contribution in [0, 0.1) is 0 Å². The average Bonchev–Trinajstić information content (AvgIpc) is 2.34. The van der Waals surface area contributed by atoms with E-state index in [1.807, 2.05) is 0 Å². The molecule has 0 unspecified atom stereocenters. The van der Waals surface area contributed by atoms with Crippen molar-refractivity contribution in [3.63, 3.8) is 0 Å². The van der Waals surface area contributed by atoms with Gasteiger partial charge in [0.15, 0.2) is 0 Å². The second kappa shape index (κ2) is 17.9. The van der Waals surface area contributed by atoms with Crippen LogP contribution < -0.4 is 62.0 Å². The summed E-state index contributed by atoms with van der Waals surface area (Å²) in [6.45, 7) is 1.93. The summed E-state index contributed by atoms with van der Waals surface area (Å²) in [4.78, 5) is 12.9. The molecule has 0 saturated carbocycles. The molecule has 0 radical (unpaired) electrons. The predicted molar refractivity (Wildman–Crippen MR) is 335 cm³/mol. The Hall–Kier alpha value is -9.65. The maximum Gasteiger partial charge on any atom is 0.256 e. The molecule has 0 amide bonds. The molecule has 0 N–H and O–H groups in total. The molecular formula is C72H53B2N5O. The average molecular weight is 1030 g/mol. The van der Waals surface area contributed by atoms with E-state index in [4.69, 9.17) is 4.74 Å². The van der Waals surface area contributed by atoms with Crippen molar-refractivity contribution >= 4 is 120 Å². The minimum atomic E-state index is -0.119. The van der Waals surface area contributed by atoms with Crippen LogP contribution in [0.25, 0.3) is 11.1 Å². The van der Waals surface area contributed by atoms with E-state index in [1.54, 1.807) is 0 Å². The lowest BCUT2D eigenvalue weighted by Crippen LogP contribution is -2.65. The van der Waals surface area contributed by atoms with E-state index in [1.165, 1.54) is 89.2 Å². The van der Waals surface area contributed by atoms with Gasteiger partial charge in [0.05, 0.1) is 17.1 Å². The van der Waals surface area contributed by atoms with Crippen molar-refractivity contribution in [3.8, 4) is 22.6 Å². The molecule has 6 aliphatic heterocycles. The summed E-state index contributed by atoms with van der Waals surface area (Å²) in [6, 6.07) is 92.2. The maximum absolute atomic E-state index is 7.43. The molecule has 0 saturated heterocycles. The van der Waals surface area contributed by atoms with Crippen LogP contribution >= 0.6 is 0 Å². The normalized spacial score (nSPS) is 14.7. The fourth-order valence-corrected chi connectivity index (χ4v) is 14.7. The first kappa shape index (κ1) is 45.4. The summed E-state index contributed by atoms with van der Waals surface area (Å²) in [5.41, 5.74) is 28.1. The SMILES string of the molecule is c1ccc(-c2ccccc2N2c3cc4c(cc3B3c5ccccc5Oc5c6c7c(c2c53)CCCN7CCC6)B2c3ccccc3N(c3ccccc3)c3cc(N(c5ccccc5)c5ccccc5)cc(c32)N4c2ccccc2)cc1. The van der Waals surface area contributed by atoms with Crippen molar-refractivity contribution in [1.82, 2.24) is 0 Å². The van der Waals surface area contributed by atoms with Crippen molar-refractivity contribution < 1.29 is 4.74 Å². The lowest BCUT2D eigenvalue weighted by molar-refractivity contribution is 0.475. The van der Waals surface area contributed by atoms with Gasteiger partial charge in [-0.1, -0.05) is 164 Å². The van der Waals surface area contributed by atoms with Gasteiger partial charge in [0.25, 0.3) is 13.4 Å². The van der Waals surface area contributed by atoms with Gasteiger partial charge in [0, 0.05) is 81.1 Å². The Bertz CT molecular complexity index is 4230. The third-order valence-electron chi connectivity index (χ3n) is 17.8. The summed E-state index contributed by atoms with van der Waals surface area (Å²) in [6.07, 6.45) is 4.24. The molecule has 0 fully saturated rings. The third kappa shape index (κ3) is 6.69. The summed E-state index contributed by atoms with van der Waals surface area (Å²) >= 11 is 0. The van der Waals surface area contributed by atoms with Crippen LogP contribution in [-0.2, 0) is 12.8 Å². The number of benzene rings is 11. The summed E-state index contributed by atoms with van der Waals surface area (Å²) in [7, 11) is 0. The van der Waals surface area contributed by atoms with Gasteiger partial charge < -0.3 is 29.2 Å². The Labute approximate surface area is 468 Å². The highest BCUT2D eigenvalue weighted by Crippen LogP contribution is 2.55. The minimum absolute atomic E-state index is 0.0809. The van der Waals surface area contributed by atoms with Crippen molar-refractivity contribution in [2.75, 3.05) is 37.6 Å². The lowest BCUT2D eigenvalue weighted by Gasteiger charge is -2.48. The third-order valence-corrected chi connectivity index (χ3v) is 17.8. The van der Waals surface area contributed by atoms with E-state index >= 15 is 0 Å². The van der Waals surface area contributed by atoms with Gasteiger partial charge in [-0.25, -0.2) is 0 Å². The van der Waals surface area contributed by atoms with Crippen LogP contribution in [0.3, 0.4) is 0 Å². The molecule has 6 heterocycles. The molecule has 0 spiro atoms. The molecule has 378 valence electrons. The van der Waals surface area contributed by atoms with Gasteiger partial charge in [0.2, 0.25) is 0 Å². The molecular weight excluding hydrogens is 972 g/mol. The van der Waals surface area contributed by atoms with Crippen LogP contribution in [0.5, 0.6) is 11.5 Å². The topological polar surface area (TPSA) is 25.4 Å². The van der Waals surface area contributed by atoms with Gasteiger partial charge in [0.1, 0.15) is 11.5 Å². The molecule has 11 aromatic rings. The number of para-hydroxylation sites is 7. The molecule has 6 aliphatic rings. The Morgan fingerprint density at radius 3 is 1.54 bits per heavy atom. The highest BCUT2D eigenvalue weighted by Gasteiger charge is 2.50. The zero-order valence-corrected chi connectivity index (χ0v) is 44.2. The zero-order chi connectivity index (χ0) is 52.4. The fraction of sp³-hybridized carbons (Fsp3) is 0.0833. The Balaban J connectivity index is 1.02. The monoisotopic (exact) mass is 1030 g/mol. The van der Waals surface area contributed by atoms with Crippen molar-refractivity contribution in [2.45, 2.75) is 25.7 Å². The highest BCUT2D eigenvalue weighted by atomic mass is 16.5. The number of nitrogens with zero attached hydrogens (tertiary/aromatic N) is 5. The number of ether oxygens (including phenoxy) is 1. The van der Waals surface area contributed by atoms with Crippen molar-refractivity contribution in [3.05, 3.63) is 260 Å². The van der Waals surface area contributed by atoms with Crippen molar-refractivity contribution in [1.29, 1.82) is 0 Å². The van der Waals surface area contributed by atoms with E-state index in [0.29, 0.717) is 0 Å². The van der Waals surface area contributed by atoms with Crippen LogP contribution in [-0.4, -0.2) is 26.5 Å². The first-order chi connectivity index (χ1) is 39.7. The molecule has 0 bridgehead atoms. The Kier molecular flexibility index (Phi) is 10.2. The van der Waals surface area contributed by atoms with Crippen molar-refractivity contribution in [2.24, 2.45) is 0 Å². The standard InChI is InChI=1S/C72H53B2N5O/c1-6-24-48(25-7-1)54-34-16-19-39-61(54)79-64-47-63-59(46-60(64)74-58-38-18-21-41-67(58)80-72-56-36-23-43-75-42-22-35-55(70(56)75)71(79)69(72)74)73-57-37-17-20-40-62(57)77(51-30-12-4-13-31-51)65-44-53(45-66(68(65)73)78(63)52-32-14-5-15-33-52)76(49-26-8-2-9-27-49)50-28-10-3-11-29-50/h1-21,24-34,37-41,44-47H,22-23,35-36,42-43H2. The van der Waals surface area contributed by atoms with Gasteiger partial charge in [-0.2, -0.15) is 0 Å². The Morgan fingerprint density at radius 1 is 0.362 bits per heavy atom. The number of anilines is 13. The van der Waals surface area contributed by atoms with Gasteiger partial charge in [-0.3, -0.25) is 0 Å². The molecule has 0 aromatic heterocycles. The van der Waals surface area contributed by atoms with E-state index in [0.717, 1.165) is 90.1 Å². The quantitative estimate of drug-likeness (QED) is 0.148. The van der Waals surface area contributed by atoms with E-state index < -0.39 is 0 Å². The number of hydrogen-bond acceptors (Lipinski definition) is 6. The van der Waals surface area contributed by atoms with E-state index in [2.05, 4.69) is 273 Å². The Morgan fingerprint density at radius 2 is 0.875 bits per heavy atom. The van der Waals surface area contributed by atoms with Crippen LogP contribution in [0.4, 0.5) is 73.9 Å². The number of rotatable bonds is 7. The van der Waals surface area contributed by atoms with Crippen LogP contribution in [0.2, 0.25) is 0 Å². The van der Waals surface area contributed by atoms with Gasteiger partial charge in [-0.15, -0.1) is 0 Å². The first-order valence-corrected chi connectivity index (χ1v) is 28.5. The maximum atomic E-state index is 7.43. The summed E-state index contributed by atoms with van der Waals surface area (Å²) in [5, 5.41) is 0. The summed E-state index contributed by atoms with van der Waals surface area (Å²) < 4.78 is 7.43. The highest BCUT2D eigenvalue weighted by molar-refractivity contribution is 7.02. The van der Waals surface area contributed by atoms with Gasteiger partial charge in [-0.05, 0) is 155 Å². The number of fused-ring (bicyclic) bond motifs is 10. The zero-order valence-electron chi connectivity index (χ0n) is 44.2. The molecule has 0 atom stereocenters. The smallest absolute Gasteiger partial charge is 0.256 e. The summed E-state index contributed by atoms with van der Waals surface area (Å²) in [5.74, 6) is 2.02.